The largest absolute Gasteiger partial charge is 0.350 e. The highest BCUT2D eigenvalue weighted by atomic mass is 16.2. The van der Waals surface area contributed by atoms with E-state index >= 15 is 0 Å². The number of carbonyl (C=O) groups excluding carboxylic acids is 1. The van der Waals surface area contributed by atoms with Crippen molar-refractivity contribution in [3.8, 4) is 0 Å². The Bertz CT molecular complexity index is 272. The van der Waals surface area contributed by atoms with E-state index in [0.29, 0.717) is 0 Å². The van der Waals surface area contributed by atoms with E-state index in [4.69, 9.17) is 5.73 Å². The van der Waals surface area contributed by atoms with Crippen molar-refractivity contribution in [2.45, 2.75) is 25.7 Å². The lowest BCUT2D eigenvalue weighted by Crippen LogP contribution is -2.42. The molecule has 4 nitrogen and oxygen atoms in total. The van der Waals surface area contributed by atoms with Gasteiger partial charge in [0, 0.05) is 19.3 Å². The highest BCUT2D eigenvalue weighted by Gasteiger charge is 2.31. The predicted molar refractivity (Wildman–Crippen MR) is 49.5 cm³/mol. The van der Waals surface area contributed by atoms with E-state index in [2.05, 4.69) is 0 Å². The normalized spacial score (nSPS) is 23.6. The Morgan fingerprint density at radius 2 is 2.08 bits per heavy atom. The minimum absolute atomic E-state index is 0.352. The topological polar surface area (TPSA) is 49.6 Å². The van der Waals surface area contributed by atoms with Crippen LogP contribution in [0.4, 0.5) is 4.79 Å². The van der Waals surface area contributed by atoms with Gasteiger partial charge >= 0.3 is 6.03 Å². The zero-order valence-corrected chi connectivity index (χ0v) is 7.92. The van der Waals surface area contributed by atoms with Gasteiger partial charge in [0.25, 0.3) is 0 Å². The maximum Gasteiger partial charge on any atom is 0.333 e. The highest BCUT2D eigenvalue weighted by molar-refractivity contribution is 5.74. The Hall–Kier alpha value is -1.03. The van der Waals surface area contributed by atoms with Gasteiger partial charge in [-0.3, -0.25) is 0 Å². The molecule has 0 radical (unpaired) electrons. The van der Waals surface area contributed by atoms with Crippen LogP contribution in [0.5, 0.6) is 0 Å². The lowest BCUT2D eigenvalue weighted by Gasteiger charge is -2.25. The van der Waals surface area contributed by atoms with Crippen molar-refractivity contribution in [2.75, 3.05) is 13.6 Å². The quantitative estimate of drug-likeness (QED) is 0.607. The minimum atomic E-state index is -0.352. The van der Waals surface area contributed by atoms with Gasteiger partial charge in [-0.25, -0.2) is 14.8 Å². The summed E-state index contributed by atoms with van der Waals surface area (Å²) in [6.45, 7) is 0.873. The molecule has 0 saturated heterocycles. The van der Waals surface area contributed by atoms with Gasteiger partial charge in [-0.15, -0.1) is 0 Å². The maximum atomic E-state index is 11.1. The summed E-state index contributed by atoms with van der Waals surface area (Å²) in [7, 11) is 1.91. The van der Waals surface area contributed by atoms with E-state index < -0.39 is 0 Å². The summed E-state index contributed by atoms with van der Waals surface area (Å²) in [5.41, 5.74) is 7.86. The van der Waals surface area contributed by atoms with Crippen molar-refractivity contribution in [2.24, 2.45) is 5.73 Å². The van der Waals surface area contributed by atoms with Crippen LogP contribution in [0.2, 0.25) is 0 Å². The Kier molecular flexibility index (Phi) is 2.00. The molecule has 0 unspecified atom stereocenters. The van der Waals surface area contributed by atoms with Crippen molar-refractivity contribution >= 4 is 6.03 Å². The minimum Gasteiger partial charge on any atom is -0.350 e. The molecule has 0 aromatic rings. The van der Waals surface area contributed by atoms with Crippen LogP contribution in [0.25, 0.3) is 0 Å². The van der Waals surface area contributed by atoms with Crippen LogP contribution < -0.4 is 5.73 Å². The number of urea groups is 1. The third kappa shape index (κ3) is 1.31. The standard InChI is InChI=1S/C9H15N3O/c1-11-6-7-4-2-3-5-8(7)12(11)9(10)13/h2-6H2,1H3,(H2,10,13). The number of hydrogen-bond acceptors (Lipinski definition) is 2. The number of likely N-dealkylation sites (N-methyl/N-ethyl adjacent to an activating group) is 1. The first-order chi connectivity index (χ1) is 6.20. The summed E-state index contributed by atoms with van der Waals surface area (Å²) < 4.78 is 0. The summed E-state index contributed by atoms with van der Waals surface area (Å²) in [4.78, 5) is 11.1. The lowest BCUT2D eigenvalue weighted by molar-refractivity contribution is 0.102. The van der Waals surface area contributed by atoms with E-state index in [1.54, 1.807) is 5.01 Å². The van der Waals surface area contributed by atoms with Gasteiger partial charge in [-0.05, 0) is 31.3 Å². The molecule has 0 spiro atoms. The number of nitrogens with two attached hydrogens (primary N) is 1. The van der Waals surface area contributed by atoms with Gasteiger partial charge in [-0.1, -0.05) is 0 Å². The maximum absolute atomic E-state index is 11.1. The van der Waals surface area contributed by atoms with Gasteiger partial charge in [0.05, 0.1) is 0 Å². The fourth-order valence-electron chi connectivity index (χ4n) is 2.23. The number of hydrazine groups is 1. The molecule has 2 rings (SSSR count). The zero-order valence-electron chi connectivity index (χ0n) is 7.92. The van der Waals surface area contributed by atoms with Gasteiger partial charge < -0.3 is 5.73 Å². The van der Waals surface area contributed by atoms with Crippen molar-refractivity contribution in [1.29, 1.82) is 0 Å². The van der Waals surface area contributed by atoms with E-state index in [1.807, 2.05) is 12.1 Å². The summed E-state index contributed by atoms with van der Waals surface area (Å²) in [6, 6.07) is -0.352. The van der Waals surface area contributed by atoms with Gasteiger partial charge in [0.2, 0.25) is 0 Å². The van der Waals surface area contributed by atoms with Crippen molar-refractivity contribution < 1.29 is 4.79 Å². The molecule has 1 aliphatic carbocycles. The number of primary amides is 1. The second-order valence-corrected chi connectivity index (χ2v) is 3.72. The highest BCUT2D eigenvalue weighted by Crippen LogP contribution is 2.33. The Balaban J connectivity index is 2.26. The molecule has 0 atom stereocenters. The van der Waals surface area contributed by atoms with Crippen LogP contribution in [0.3, 0.4) is 0 Å². The molecule has 4 heteroatoms. The predicted octanol–water partition coefficient (Wildman–Crippen LogP) is 1.06. The Labute approximate surface area is 77.9 Å². The molecule has 2 amide bonds. The number of rotatable bonds is 0. The van der Waals surface area contributed by atoms with Crippen LogP contribution in [0.1, 0.15) is 25.7 Å². The molecule has 0 bridgehead atoms. The molecular weight excluding hydrogens is 166 g/mol. The van der Waals surface area contributed by atoms with E-state index in [-0.39, 0.29) is 6.03 Å². The second-order valence-electron chi connectivity index (χ2n) is 3.72. The van der Waals surface area contributed by atoms with Gasteiger partial charge in [-0.2, -0.15) is 0 Å². The van der Waals surface area contributed by atoms with E-state index in [1.165, 1.54) is 18.4 Å². The molecular formula is C9H15N3O. The molecule has 0 aromatic heterocycles. The SMILES string of the molecule is CN1CC2=C(CCCC2)N1C(N)=O. The third-order valence-electron chi connectivity index (χ3n) is 2.78. The molecule has 1 aliphatic heterocycles. The Morgan fingerprint density at radius 3 is 2.77 bits per heavy atom. The first-order valence-corrected chi connectivity index (χ1v) is 4.71. The average Bonchev–Trinajstić information content (AvgIpc) is 2.39. The molecule has 72 valence electrons. The fourth-order valence-corrected chi connectivity index (χ4v) is 2.23. The molecule has 1 heterocycles. The van der Waals surface area contributed by atoms with Crippen LogP contribution in [0, 0.1) is 0 Å². The molecule has 0 fully saturated rings. The van der Waals surface area contributed by atoms with Crippen LogP contribution >= 0.6 is 0 Å². The number of carbonyl (C=O) groups is 1. The van der Waals surface area contributed by atoms with Gasteiger partial charge in [0.1, 0.15) is 0 Å². The van der Waals surface area contributed by atoms with Crippen molar-refractivity contribution in [1.82, 2.24) is 10.0 Å². The fraction of sp³-hybridized carbons (Fsp3) is 0.667. The number of amides is 2. The summed E-state index contributed by atoms with van der Waals surface area (Å²) in [5.74, 6) is 0. The summed E-state index contributed by atoms with van der Waals surface area (Å²) in [6.07, 6.45) is 4.56. The van der Waals surface area contributed by atoms with Crippen LogP contribution in [-0.4, -0.2) is 29.6 Å². The smallest absolute Gasteiger partial charge is 0.333 e. The molecule has 2 aliphatic rings. The molecule has 0 saturated carbocycles. The first kappa shape index (κ1) is 8.56. The first-order valence-electron chi connectivity index (χ1n) is 4.71. The van der Waals surface area contributed by atoms with Crippen molar-refractivity contribution in [3.63, 3.8) is 0 Å². The number of allylic oxidation sites excluding steroid dienone is 1. The van der Waals surface area contributed by atoms with Gasteiger partial charge in [0.15, 0.2) is 0 Å². The third-order valence-corrected chi connectivity index (χ3v) is 2.78. The Morgan fingerprint density at radius 1 is 1.38 bits per heavy atom. The van der Waals surface area contributed by atoms with Crippen LogP contribution in [-0.2, 0) is 0 Å². The molecule has 2 N–H and O–H groups in total. The second kappa shape index (κ2) is 3.03. The van der Waals surface area contributed by atoms with Crippen molar-refractivity contribution in [3.05, 3.63) is 11.3 Å². The van der Waals surface area contributed by atoms with Crippen LogP contribution in [0.15, 0.2) is 11.3 Å². The number of nitrogens with zero attached hydrogens (tertiary/aromatic N) is 2. The molecule has 0 aromatic carbocycles. The van der Waals surface area contributed by atoms with E-state index in [0.717, 1.165) is 25.1 Å². The van der Waals surface area contributed by atoms with E-state index in [9.17, 15) is 4.79 Å². The average molecular weight is 181 g/mol. The summed E-state index contributed by atoms with van der Waals surface area (Å²) in [5, 5.41) is 3.52. The summed E-state index contributed by atoms with van der Waals surface area (Å²) >= 11 is 0. The zero-order chi connectivity index (χ0) is 9.42. The monoisotopic (exact) mass is 181 g/mol. The number of hydrogen-bond donors (Lipinski definition) is 1. The lowest BCUT2D eigenvalue weighted by atomic mass is 9.97. The molecule has 13 heavy (non-hydrogen) atoms.